The molecule has 9 nitrogen and oxygen atoms in total. The van der Waals surface area contributed by atoms with Gasteiger partial charge in [0.15, 0.2) is 0 Å². The fourth-order valence-corrected chi connectivity index (χ4v) is 4.32. The first kappa shape index (κ1) is 22.3. The number of imide groups is 1. The highest BCUT2D eigenvalue weighted by Crippen LogP contribution is 2.31. The number of H-pyrrole nitrogens is 1. The first-order valence-electron chi connectivity index (χ1n) is 11.1. The Hall–Kier alpha value is -4.53. The van der Waals surface area contributed by atoms with Crippen LogP contribution in [0.3, 0.4) is 0 Å². The molecule has 5 rings (SSSR count). The van der Waals surface area contributed by atoms with Crippen LogP contribution in [0.15, 0.2) is 71.5 Å². The summed E-state index contributed by atoms with van der Waals surface area (Å²) in [6.45, 7) is 1.22. The van der Waals surface area contributed by atoms with E-state index in [4.69, 9.17) is 0 Å². The molecule has 1 aliphatic heterocycles. The van der Waals surface area contributed by atoms with Crippen molar-refractivity contribution in [2.45, 2.75) is 19.0 Å². The van der Waals surface area contributed by atoms with Crippen LogP contribution in [-0.2, 0) is 21.7 Å². The van der Waals surface area contributed by atoms with Crippen molar-refractivity contribution in [3.05, 3.63) is 88.5 Å². The second-order valence-corrected chi connectivity index (χ2v) is 8.79. The van der Waals surface area contributed by atoms with Gasteiger partial charge < -0.3 is 15.2 Å². The zero-order valence-electron chi connectivity index (χ0n) is 19.2. The Morgan fingerprint density at radius 2 is 1.71 bits per heavy atom. The van der Waals surface area contributed by atoms with Crippen LogP contribution in [0.2, 0.25) is 0 Å². The average Bonchev–Trinajstić information content (AvgIpc) is 3.07. The number of carbonyl (C=O) groups is 3. The molecule has 0 aliphatic carbocycles. The molecular formula is C26H23N5O4. The van der Waals surface area contributed by atoms with E-state index in [2.05, 4.69) is 15.3 Å². The van der Waals surface area contributed by atoms with Gasteiger partial charge in [-0.25, -0.2) is 9.78 Å². The maximum absolute atomic E-state index is 13.3. The molecule has 1 aromatic heterocycles. The number of likely N-dealkylation sites (N-methyl/N-ethyl adjacent to an activating group) is 1. The minimum absolute atomic E-state index is 0.0184. The second kappa shape index (κ2) is 8.35. The monoisotopic (exact) mass is 469 g/mol. The number of para-hydroxylation sites is 1. The van der Waals surface area contributed by atoms with Gasteiger partial charge in [-0.2, -0.15) is 0 Å². The number of amides is 4. The van der Waals surface area contributed by atoms with Gasteiger partial charge in [0.1, 0.15) is 17.9 Å². The van der Waals surface area contributed by atoms with E-state index in [0.717, 1.165) is 15.7 Å². The minimum Gasteiger partial charge on any atom is -0.337 e. The normalized spacial score (nSPS) is 17.7. The van der Waals surface area contributed by atoms with Gasteiger partial charge in [0.05, 0.1) is 17.4 Å². The lowest BCUT2D eigenvalue weighted by atomic mass is 9.90. The first-order valence-corrected chi connectivity index (χ1v) is 11.1. The fraction of sp³-hybridized carbons (Fsp3) is 0.192. The van der Waals surface area contributed by atoms with Crippen molar-refractivity contribution < 1.29 is 14.4 Å². The van der Waals surface area contributed by atoms with Crippen LogP contribution in [0.25, 0.3) is 21.7 Å². The predicted molar refractivity (Wildman–Crippen MR) is 130 cm³/mol. The molecule has 4 aromatic rings. The first-order chi connectivity index (χ1) is 16.8. The Bertz CT molecular complexity index is 1560. The number of fused-ring (bicyclic) bond motifs is 2. The van der Waals surface area contributed by atoms with Crippen molar-refractivity contribution in [2.75, 3.05) is 13.6 Å². The topological polar surface area (TPSA) is 115 Å². The number of carbonyl (C=O) groups excluding carboxylic acids is 3. The number of hydrogen-bond donors (Lipinski definition) is 2. The third-order valence-electron chi connectivity index (χ3n) is 6.37. The molecule has 1 saturated heterocycles. The fourth-order valence-electron chi connectivity index (χ4n) is 4.32. The van der Waals surface area contributed by atoms with Gasteiger partial charge in [-0.05, 0) is 41.5 Å². The van der Waals surface area contributed by atoms with Gasteiger partial charge in [0, 0.05) is 7.05 Å². The molecule has 2 heterocycles. The number of benzene rings is 3. The number of aromatic amines is 1. The Morgan fingerprint density at radius 3 is 2.51 bits per heavy atom. The summed E-state index contributed by atoms with van der Waals surface area (Å²) in [6, 6.07) is 19.6. The molecule has 0 spiro atoms. The number of nitrogens with one attached hydrogen (secondary N) is 2. The lowest BCUT2D eigenvalue weighted by Crippen LogP contribution is -2.43. The van der Waals surface area contributed by atoms with Gasteiger partial charge in [-0.3, -0.25) is 19.3 Å². The van der Waals surface area contributed by atoms with Gasteiger partial charge in [0.2, 0.25) is 5.91 Å². The van der Waals surface area contributed by atoms with Gasteiger partial charge in [-0.15, -0.1) is 0 Å². The van der Waals surface area contributed by atoms with E-state index >= 15 is 0 Å². The highest BCUT2D eigenvalue weighted by atomic mass is 16.2. The lowest BCUT2D eigenvalue weighted by molar-refractivity contribution is -0.138. The van der Waals surface area contributed by atoms with E-state index in [1.807, 2.05) is 36.4 Å². The zero-order chi connectivity index (χ0) is 24.7. The van der Waals surface area contributed by atoms with E-state index in [1.165, 1.54) is 11.9 Å². The van der Waals surface area contributed by atoms with E-state index < -0.39 is 29.9 Å². The largest absolute Gasteiger partial charge is 0.337 e. The van der Waals surface area contributed by atoms with E-state index in [0.29, 0.717) is 22.3 Å². The molecule has 0 bridgehead atoms. The van der Waals surface area contributed by atoms with Gasteiger partial charge >= 0.3 is 6.03 Å². The summed E-state index contributed by atoms with van der Waals surface area (Å²) in [5, 5.41) is 5.16. The summed E-state index contributed by atoms with van der Waals surface area (Å²) < 4.78 is 0. The smallest absolute Gasteiger partial charge is 0.325 e. The number of nitrogens with zero attached hydrogens (tertiary/aromatic N) is 3. The third kappa shape index (κ3) is 3.90. The Balaban J connectivity index is 1.33. The number of aromatic nitrogens is 2. The maximum Gasteiger partial charge on any atom is 0.325 e. The molecule has 3 aromatic carbocycles. The van der Waals surface area contributed by atoms with Gasteiger partial charge in [-0.1, -0.05) is 48.5 Å². The van der Waals surface area contributed by atoms with Crippen LogP contribution in [0.5, 0.6) is 0 Å². The minimum atomic E-state index is -1.29. The molecule has 1 atom stereocenters. The van der Waals surface area contributed by atoms with E-state index in [9.17, 15) is 19.2 Å². The van der Waals surface area contributed by atoms with Crippen LogP contribution in [0, 0.1) is 0 Å². The standard InChI is InChI=1S/C26H23N5O4/c1-26(18-12-11-16-7-3-4-8-17(16)13-18)24(34)31(25(35)29-26)15-22(32)30(2)14-21-27-20-10-6-5-9-19(20)23(33)28-21/h3-13H,14-15H2,1-2H3,(H,29,35)(H,27,28,33). The average molecular weight is 470 g/mol. The van der Waals surface area contributed by atoms with Crippen LogP contribution >= 0.6 is 0 Å². The molecule has 4 amide bonds. The van der Waals surface area contributed by atoms with E-state index in [-0.39, 0.29) is 12.1 Å². The molecule has 1 fully saturated rings. The van der Waals surface area contributed by atoms with Crippen molar-refractivity contribution in [1.29, 1.82) is 0 Å². The predicted octanol–water partition coefficient (Wildman–Crippen LogP) is 2.50. The number of hydrogen-bond acceptors (Lipinski definition) is 5. The Kier molecular flexibility index (Phi) is 5.32. The highest BCUT2D eigenvalue weighted by molar-refractivity contribution is 6.09. The molecule has 9 heteroatoms. The summed E-state index contributed by atoms with van der Waals surface area (Å²) in [5.41, 5.74) is -0.430. The molecule has 1 unspecified atom stereocenters. The lowest BCUT2D eigenvalue weighted by Gasteiger charge is -2.23. The van der Waals surface area contributed by atoms with Crippen molar-refractivity contribution in [3.63, 3.8) is 0 Å². The van der Waals surface area contributed by atoms with Crippen LogP contribution in [0.4, 0.5) is 4.79 Å². The molecule has 2 N–H and O–H groups in total. The maximum atomic E-state index is 13.3. The highest BCUT2D eigenvalue weighted by Gasteiger charge is 2.49. The van der Waals surface area contributed by atoms with Crippen LogP contribution in [-0.4, -0.2) is 51.2 Å². The SMILES string of the molecule is CN(Cc1nc2ccccc2c(=O)[nH]1)C(=O)CN1C(=O)NC(C)(c2ccc3ccccc3c2)C1=O. The van der Waals surface area contributed by atoms with E-state index in [1.54, 1.807) is 37.3 Å². The van der Waals surface area contributed by atoms with Gasteiger partial charge in [0.25, 0.3) is 11.5 Å². The van der Waals surface area contributed by atoms with Crippen molar-refractivity contribution in [3.8, 4) is 0 Å². The summed E-state index contributed by atoms with van der Waals surface area (Å²) in [7, 11) is 1.53. The zero-order valence-corrected chi connectivity index (χ0v) is 19.2. The quantitative estimate of drug-likeness (QED) is 0.436. The molecule has 0 radical (unpaired) electrons. The Labute approximate surface area is 200 Å². The summed E-state index contributed by atoms with van der Waals surface area (Å²) >= 11 is 0. The Morgan fingerprint density at radius 1 is 1.00 bits per heavy atom. The van der Waals surface area contributed by atoms with Crippen LogP contribution < -0.4 is 10.9 Å². The molecule has 1 aliphatic rings. The summed E-state index contributed by atoms with van der Waals surface area (Å²) in [5.74, 6) is -0.661. The van der Waals surface area contributed by atoms with Crippen molar-refractivity contribution in [2.24, 2.45) is 0 Å². The summed E-state index contributed by atoms with van der Waals surface area (Å²) in [4.78, 5) is 60.5. The molecular weight excluding hydrogens is 446 g/mol. The second-order valence-electron chi connectivity index (χ2n) is 8.79. The number of rotatable bonds is 5. The molecule has 0 saturated carbocycles. The molecule has 176 valence electrons. The third-order valence-corrected chi connectivity index (χ3v) is 6.37. The molecule has 35 heavy (non-hydrogen) atoms. The van der Waals surface area contributed by atoms with Crippen LogP contribution in [0.1, 0.15) is 18.3 Å². The van der Waals surface area contributed by atoms with Crippen molar-refractivity contribution >= 4 is 39.5 Å². The number of urea groups is 1. The summed E-state index contributed by atoms with van der Waals surface area (Å²) in [6.07, 6.45) is 0. The van der Waals surface area contributed by atoms with Crippen molar-refractivity contribution in [1.82, 2.24) is 25.1 Å².